The van der Waals surface area contributed by atoms with Gasteiger partial charge in [0.15, 0.2) is 0 Å². The number of carbonyl (C=O) groups excluding carboxylic acids is 2. The van der Waals surface area contributed by atoms with E-state index >= 15 is 0 Å². The van der Waals surface area contributed by atoms with Crippen molar-refractivity contribution in [3.8, 4) is 5.75 Å². The van der Waals surface area contributed by atoms with E-state index in [1.165, 1.54) is 17.3 Å². The van der Waals surface area contributed by atoms with Crippen molar-refractivity contribution in [1.29, 1.82) is 0 Å². The third kappa shape index (κ3) is 4.70. The second-order valence-electron chi connectivity index (χ2n) is 7.65. The van der Waals surface area contributed by atoms with Crippen LogP contribution in [0, 0.1) is 0 Å². The number of benzene rings is 2. The van der Waals surface area contributed by atoms with Gasteiger partial charge < -0.3 is 14.9 Å². The fraction of sp³-hybridized carbons (Fsp3) is 0.333. The molecule has 0 atom stereocenters. The van der Waals surface area contributed by atoms with Gasteiger partial charge in [0.1, 0.15) is 5.75 Å². The highest BCUT2D eigenvalue weighted by molar-refractivity contribution is 8.00. The highest BCUT2D eigenvalue weighted by Gasteiger charge is 2.23. The fourth-order valence-electron chi connectivity index (χ4n) is 3.93. The van der Waals surface area contributed by atoms with Crippen LogP contribution in [0.25, 0.3) is 5.57 Å². The van der Waals surface area contributed by atoms with Gasteiger partial charge in [-0.3, -0.25) is 9.59 Å². The van der Waals surface area contributed by atoms with E-state index < -0.39 is 0 Å². The first-order valence-corrected chi connectivity index (χ1v) is 11.4. The van der Waals surface area contributed by atoms with E-state index in [1.54, 1.807) is 12.1 Å². The summed E-state index contributed by atoms with van der Waals surface area (Å²) in [5, 5.41) is 9.46. The number of phenolic OH excluding ortho intramolecular Hbond substituents is 1. The molecule has 2 aliphatic heterocycles. The molecule has 0 bridgehead atoms. The van der Waals surface area contributed by atoms with Crippen LogP contribution in [0.15, 0.2) is 59.5 Å². The van der Waals surface area contributed by atoms with E-state index in [0.29, 0.717) is 24.4 Å². The molecule has 156 valence electrons. The summed E-state index contributed by atoms with van der Waals surface area (Å²) in [5.41, 5.74) is 2.94. The maximum Gasteiger partial charge on any atom is 0.255 e. The molecule has 30 heavy (non-hydrogen) atoms. The Balaban J connectivity index is 1.41. The lowest BCUT2D eigenvalue weighted by Gasteiger charge is -2.27. The van der Waals surface area contributed by atoms with Crippen molar-refractivity contribution >= 4 is 29.1 Å². The Morgan fingerprint density at radius 2 is 1.67 bits per heavy atom. The number of hydrogen-bond donors (Lipinski definition) is 1. The molecule has 2 aliphatic rings. The van der Waals surface area contributed by atoms with Gasteiger partial charge in [-0.05, 0) is 54.7 Å². The monoisotopic (exact) mass is 422 g/mol. The molecule has 2 amide bonds. The van der Waals surface area contributed by atoms with Gasteiger partial charge in [0.2, 0.25) is 5.91 Å². The van der Waals surface area contributed by atoms with Crippen molar-refractivity contribution in [2.45, 2.75) is 24.2 Å². The van der Waals surface area contributed by atoms with Crippen LogP contribution < -0.4 is 0 Å². The average Bonchev–Trinajstić information content (AvgIpc) is 3.33. The van der Waals surface area contributed by atoms with Crippen molar-refractivity contribution < 1.29 is 14.7 Å². The second-order valence-corrected chi connectivity index (χ2v) is 8.67. The maximum absolute atomic E-state index is 13.2. The predicted octanol–water partition coefficient (Wildman–Crippen LogP) is 4.04. The standard InChI is InChI=1S/C24H26N2O3S/c27-20-9-7-18(8-10-20)19-11-15-26(16-12-19)24(29)21-5-1-2-6-22(21)30-17-23(28)25-13-3-4-14-25/h1-2,5-11,27H,3-4,12-17H2. The first-order chi connectivity index (χ1) is 14.6. The van der Waals surface area contributed by atoms with Crippen LogP contribution in [0.1, 0.15) is 35.2 Å². The zero-order valence-electron chi connectivity index (χ0n) is 16.9. The molecule has 0 unspecified atom stereocenters. The molecule has 0 saturated carbocycles. The van der Waals surface area contributed by atoms with Gasteiger partial charge in [-0.15, -0.1) is 11.8 Å². The van der Waals surface area contributed by atoms with E-state index in [1.807, 2.05) is 46.2 Å². The highest BCUT2D eigenvalue weighted by atomic mass is 32.2. The van der Waals surface area contributed by atoms with Crippen LogP contribution in [-0.2, 0) is 4.79 Å². The van der Waals surface area contributed by atoms with Crippen molar-refractivity contribution in [2.24, 2.45) is 0 Å². The van der Waals surface area contributed by atoms with Crippen molar-refractivity contribution in [1.82, 2.24) is 9.80 Å². The molecule has 0 radical (unpaired) electrons. The highest BCUT2D eigenvalue weighted by Crippen LogP contribution is 2.28. The van der Waals surface area contributed by atoms with E-state index in [9.17, 15) is 14.7 Å². The fourth-order valence-corrected chi connectivity index (χ4v) is 4.88. The molecule has 2 aromatic carbocycles. The van der Waals surface area contributed by atoms with E-state index in [0.717, 1.165) is 42.8 Å². The quantitative estimate of drug-likeness (QED) is 0.739. The summed E-state index contributed by atoms with van der Waals surface area (Å²) in [6.45, 7) is 2.91. The third-order valence-corrected chi connectivity index (χ3v) is 6.72. The van der Waals surface area contributed by atoms with Gasteiger partial charge in [-0.25, -0.2) is 0 Å². The molecule has 1 N–H and O–H groups in total. The zero-order valence-corrected chi connectivity index (χ0v) is 17.7. The van der Waals surface area contributed by atoms with Crippen LogP contribution in [0.5, 0.6) is 5.75 Å². The summed E-state index contributed by atoms with van der Waals surface area (Å²) < 4.78 is 0. The normalized spacial score (nSPS) is 16.5. The second kappa shape index (κ2) is 9.39. The van der Waals surface area contributed by atoms with Crippen LogP contribution in [0.2, 0.25) is 0 Å². The molecule has 0 spiro atoms. The number of phenols is 1. The number of rotatable bonds is 5. The Morgan fingerprint density at radius 3 is 2.37 bits per heavy atom. The molecule has 1 fully saturated rings. The van der Waals surface area contributed by atoms with Gasteiger partial charge in [-0.2, -0.15) is 0 Å². The number of carbonyl (C=O) groups is 2. The van der Waals surface area contributed by atoms with Crippen LogP contribution in [0.4, 0.5) is 0 Å². The number of thioether (sulfide) groups is 1. The van der Waals surface area contributed by atoms with Crippen LogP contribution in [-0.4, -0.2) is 58.7 Å². The SMILES string of the molecule is O=C(CSc1ccccc1C(=O)N1CC=C(c2ccc(O)cc2)CC1)N1CCCC1. The number of nitrogens with zero attached hydrogens (tertiary/aromatic N) is 2. The minimum Gasteiger partial charge on any atom is -0.508 e. The summed E-state index contributed by atoms with van der Waals surface area (Å²) in [6.07, 6.45) is 5.03. The van der Waals surface area contributed by atoms with Crippen LogP contribution >= 0.6 is 11.8 Å². The Labute approximate surface area is 181 Å². The molecule has 0 aromatic heterocycles. The lowest BCUT2D eigenvalue weighted by Crippen LogP contribution is -2.35. The third-order valence-electron chi connectivity index (χ3n) is 5.66. The Hall–Kier alpha value is -2.73. The lowest BCUT2D eigenvalue weighted by atomic mass is 9.99. The van der Waals surface area contributed by atoms with Gasteiger partial charge in [0.25, 0.3) is 5.91 Å². The topological polar surface area (TPSA) is 60.9 Å². The van der Waals surface area contributed by atoms with Crippen molar-refractivity contribution in [2.75, 3.05) is 31.9 Å². The largest absolute Gasteiger partial charge is 0.508 e. The van der Waals surface area contributed by atoms with Crippen molar-refractivity contribution in [3.05, 3.63) is 65.7 Å². The van der Waals surface area contributed by atoms with Gasteiger partial charge in [0, 0.05) is 31.1 Å². The first-order valence-electron chi connectivity index (χ1n) is 10.4. The van der Waals surface area contributed by atoms with Crippen LogP contribution in [0.3, 0.4) is 0 Å². The maximum atomic E-state index is 13.2. The number of amides is 2. The van der Waals surface area contributed by atoms with Gasteiger partial charge in [-0.1, -0.05) is 30.3 Å². The summed E-state index contributed by atoms with van der Waals surface area (Å²) in [6, 6.07) is 14.7. The minimum absolute atomic E-state index is 0.00716. The summed E-state index contributed by atoms with van der Waals surface area (Å²) in [7, 11) is 0. The molecule has 6 heteroatoms. The number of hydrogen-bond acceptors (Lipinski definition) is 4. The molecule has 2 heterocycles. The lowest BCUT2D eigenvalue weighted by molar-refractivity contribution is -0.127. The minimum atomic E-state index is 0.00716. The predicted molar refractivity (Wildman–Crippen MR) is 120 cm³/mol. The van der Waals surface area contributed by atoms with Crippen molar-refractivity contribution in [3.63, 3.8) is 0 Å². The first kappa shape index (κ1) is 20.5. The summed E-state index contributed by atoms with van der Waals surface area (Å²) >= 11 is 1.46. The number of aromatic hydroxyl groups is 1. The van der Waals surface area contributed by atoms with E-state index in [-0.39, 0.29) is 17.6 Å². The molecule has 1 saturated heterocycles. The molecular weight excluding hydrogens is 396 g/mol. The Kier molecular flexibility index (Phi) is 6.43. The zero-order chi connectivity index (χ0) is 20.9. The molecule has 4 rings (SSSR count). The Morgan fingerprint density at radius 1 is 0.933 bits per heavy atom. The smallest absolute Gasteiger partial charge is 0.255 e. The molecular formula is C24H26N2O3S. The summed E-state index contributed by atoms with van der Waals surface area (Å²) in [5.74, 6) is 0.783. The van der Waals surface area contributed by atoms with E-state index in [4.69, 9.17) is 0 Å². The van der Waals surface area contributed by atoms with E-state index in [2.05, 4.69) is 6.08 Å². The average molecular weight is 423 g/mol. The molecule has 2 aromatic rings. The van der Waals surface area contributed by atoms with Gasteiger partial charge >= 0.3 is 0 Å². The summed E-state index contributed by atoms with van der Waals surface area (Å²) in [4.78, 5) is 30.2. The number of likely N-dealkylation sites (tertiary alicyclic amines) is 1. The molecule has 0 aliphatic carbocycles. The molecule has 5 nitrogen and oxygen atoms in total. The Bertz CT molecular complexity index is 949. The van der Waals surface area contributed by atoms with Gasteiger partial charge in [0.05, 0.1) is 11.3 Å².